The molecule has 0 aliphatic heterocycles. The third-order valence-electron chi connectivity index (χ3n) is 3.41. The van der Waals surface area contributed by atoms with Gasteiger partial charge in [-0.05, 0) is 36.1 Å². The highest BCUT2D eigenvalue weighted by Crippen LogP contribution is 2.26. The van der Waals surface area contributed by atoms with Crippen LogP contribution in [-0.4, -0.2) is 35.7 Å². The molecule has 0 saturated heterocycles. The van der Waals surface area contributed by atoms with Crippen LogP contribution in [0, 0.1) is 5.92 Å². The van der Waals surface area contributed by atoms with E-state index in [9.17, 15) is 4.79 Å². The number of aliphatic hydroxyl groups is 1. The first-order valence-electron chi connectivity index (χ1n) is 6.84. The summed E-state index contributed by atoms with van der Waals surface area (Å²) in [7, 11) is 0. The first-order chi connectivity index (χ1) is 9.31. The quantitative estimate of drug-likeness (QED) is 0.746. The van der Waals surface area contributed by atoms with Crippen molar-refractivity contribution in [1.29, 1.82) is 0 Å². The summed E-state index contributed by atoms with van der Waals surface area (Å²) in [5.74, 6) is 2.17. The molecule has 0 fully saturated rings. The van der Waals surface area contributed by atoms with Gasteiger partial charge >= 0.3 is 0 Å². The molecule has 0 radical (unpaired) electrons. The van der Waals surface area contributed by atoms with Crippen molar-refractivity contribution in [3.05, 3.63) is 35.4 Å². The third-order valence-corrected chi connectivity index (χ3v) is 4.48. The highest BCUT2D eigenvalue weighted by molar-refractivity contribution is 7.99. The molecule has 1 aromatic carbocycles. The summed E-state index contributed by atoms with van der Waals surface area (Å²) in [6.07, 6.45) is 2.58. The molecular weight excluding hydrogens is 258 g/mol. The number of nitrogens with one attached hydrogen (secondary N) is 1. The molecule has 1 amide bonds. The normalized spacial score (nSPS) is 14.4. The van der Waals surface area contributed by atoms with Gasteiger partial charge in [-0.1, -0.05) is 24.3 Å². The Morgan fingerprint density at radius 3 is 2.58 bits per heavy atom. The first-order valence-corrected chi connectivity index (χ1v) is 8.00. The van der Waals surface area contributed by atoms with Crippen molar-refractivity contribution in [3.8, 4) is 0 Å². The van der Waals surface area contributed by atoms with Crippen LogP contribution in [0.3, 0.4) is 0 Å². The summed E-state index contributed by atoms with van der Waals surface area (Å²) in [6, 6.07) is 8.31. The van der Waals surface area contributed by atoms with Crippen LogP contribution in [0.15, 0.2) is 24.3 Å². The van der Waals surface area contributed by atoms with Crippen molar-refractivity contribution in [2.75, 3.05) is 24.7 Å². The lowest BCUT2D eigenvalue weighted by atomic mass is 10.1. The summed E-state index contributed by atoms with van der Waals surface area (Å²) in [6.45, 7) is 0.974. The van der Waals surface area contributed by atoms with E-state index in [4.69, 9.17) is 5.11 Å². The van der Waals surface area contributed by atoms with E-state index in [-0.39, 0.29) is 18.4 Å². The Morgan fingerprint density at radius 2 is 1.95 bits per heavy atom. The minimum atomic E-state index is 0.111. The summed E-state index contributed by atoms with van der Waals surface area (Å²) in [4.78, 5) is 12.0. The maximum absolute atomic E-state index is 12.0. The van der Waals surface area contributed by atoms with E-state index in [0.29, 0.717) is 0 Å². The second kappa shape index (κ2) is 7.56. The van der Waals surface area contributed by atoms with E-state index >= 15 is 0 Å². The van der Waals surface area contributed by atoms with Crippen LogP contribution < -0.4 is 5.32 Å². The molecule has 4 heteroatoms. The molecule has 0 spiro atoms. The Morgan fingerprint density at radius 1 is 1.26 bits per heavy atom. The number of hydrogen-bond donors (Lipinski definition) is 2. The summed E-state index contributed by atoms with van der Waals surface area (Å²) < 4.78 is 0. The molecule has 0 heterocycles. The lowest BCUT2D eigenvalue weighted by molar-refractivity contribution is -0.124. The van der Waals surface area contributed by atoms with E-state index in [2.05, 4.69) is 17.4 Å². The molecule has 1 aliphatic rings. The average Bonchev–Trinajstić information content (AvgIpc) is 2.86. The van der Waals surface area contributed by atoms with Crippen molar-refractivity contribution >= 4 is 17.7 Å². The summed E-state index contributed by atoms with van der Waals surface area (Å²) in [5, 5.41) is 11.7. The number of carbonyl (C=O) groups is 1. The van der Waals surface area contributed by atoms with Crippen LogP contribution >= 0.6 is 11.8 Å². The standard InChI is InChI=1S/C15H21NO2S/c17-7-3-8-19-9-6-16-15(18)14-10-12-4-1-2-5-13(12)11-14/h1-2,4-5,14,17H,3,6-11H2,(H,16,18). The number of thioether (sulfide) groups is 1. The van der Waals surface area contributed by atoms with E-state index in [1.807, 2.05) is 12.1 Å². The van der Waals surface area contributed by atoms with Crippen LogP contribution in [0.4, 0.5) is 0 Å². The van der Waals surface area contributed by atoms with Crippen molar-refractivity contribution in [2.24, 2.45) is 5.92 Å². The first kappa shape index (κ1) is 14.4. The van der Waals surface area contributed by atoms with Crippen LogP contribution in [0.5, 0.6) is 0 Å². The zero-order chi connectivity index (χ0) is 13.5. The molecule has 3 nitrogen and oxygen atoms in total. The third kappa shape index (κ3) is 4.25. The van der Waals surface area contributed by atoms with Gasteiger partial charge in [0.1, 0.15) is 0 Å². The molecule has 0 saturated carbocycles. The summed E-state index contributed by atoms with van der Waals surface area (Å²) >= 11 is 1.77. The highest BCUT2D eigenvalue weighted by atomic mass is 32.2. The fraction of sp³-hybridized carbons (Fsp3) is 0.533. The molecule has 19 heavy (non-hydrogen) atoms. The van der Waals surface area contributed by atoms with Gasteiger partial charge in [-0.25, -0.2) is 0 Å². The van der Waals surface area contributed by atoms with Gasteiger partial charge in [-0.15, -0.1) is 0 Å². The molecular formula is C15H21NO2S. The smallest absolute Gasteiger partial charge is 0.223 e. The van der Waals surface area contributed by atoms with E-state index in [0.717, 1.165) is 37.3 Å². The molecule has 0 aromatic heterocycles. The molecule has 0 atom stereocenters. The number of amides is 1. The van der Waals surface area contributed by atoms with Gasteiger partial charge < -0.3 is 10.4 Å². The van der Waals surface area contributed by atoms with Crippen LogP contribution in [0.25, 0.3) is 0 Å². The van der Waals surface area contributed by atoms with Crippen molar-refractivity contribution in [1.82, 2.24) is 5.32 Å². The van der Waals surface area contributed by atoms with E-state index in [1.165, 1.54) is 11.1 Å². The predicted molar refractivity (Wildman–Crippen MR) is 79.4 cm³/mol. The number of benzene rings is 1. The molecule has 0 bridgehead atoms. The van der Waals surface area contributed by atoms with Gasteiger partial charge in [0.15, 0.2) is 0 Å². The highest BCUT2D eigenvalue weighted by Gasteiger charge is 2.26. The Kier molecular flexibility index (Phi) is 5.73. The molecule has 2 N–H and O–H groups in total. The van der Waals surface area contributed by atoms with Crippen molar-refractivity contribution in [3.63, 3.8) is 0 Å². The zero-order valence-electron chi connectivity index (χ0n) is 11.1. The maximum atomic E-state index is 12.0. The predicted octanol–water partition coefficient (Wildman–Crippen LogP) is 1.63. The lowest BCUT2D eigenvalue weighted by Crippen LogP contribution is -2.32. The van der Waals surface area contributed by atoms with Gasteiger partial charge in [-0.3, -0.25) is 4.79 Å². The summed E-state index contributed by atoms with van der Waals surface area (Å²) in [5.41, 5.74) is 2.64. The number of carbonyl (C=O) groups excluding carboxylic acids is 1. The van der Waals surface area contributed by atoms with E-state index in [1.54, 1.807) is 11.8 Å². The van der Waals surface area contributed by atoms with Gasteiger partial charge in [0.25, 0.3) is 0 Å². The van der Waals surface area contributed by atoms with Gasteiger partial charge in [0.2, 0.25) is 5.91 Å². The molecule has 2 rings (SSSR count). The average molecular weight is 279 g/mol. The maximum Gasteiger partial charge on any atom is 0.223 e. The minimum Gasteiger partial charge on any atom is -0.396 e. The topological polar surface area (TPSA) is 49.3 Å². The van der Waals surface area contributed by atoms with Gasteiger partial charge in [0.05, 0.1) is 0 Å². The van der Waals surface area contributed by atoms with Crippen LogP contribution in [0.2, 0.25) is 0 Å². The fourth-order valence-electron chi connectivity index (χ4n) is 2.40. The fourth-order valence-corrected chi connectivity index (χ4v) is 3.19. The van der Waals surface area contributed by atoms with E-state index < -0.39 is 0 Å². The second-order valence-electron chi connectivity index (χ2n) is 4.85. The monoisotopic (exact) mass is 279 g/mol. The zero-order valence-corrected chi connectivity index (χ0v) is 11.9. The van der Waals surface area contributed by atoms with Crippen molar-refractivity contribution < 1.29 is 9.90 Å². The number of aliphatic hydroxyl groups excluding tert-OH is 1. The van der Waals surface area contributed by atoms with Crippen LogP contribution in [-0.2, 0) is 17.6 Å². The molecule has 104 valence electrons. The Hall–Kier alpha value is -1.00. The van der Waals surface area contributed by atoms with Gasteiger partial charge in [-0.2, -0.15) is 11.8 Å². The molecule has 0 unspecified atom stereocenters. The van der Waals surface area contributed by atoms with Gasteiger partial charge in [0, 0.05) is 24.8 Å². The lowest BCUT2D eigenvalue weighted by Gasteiger charge is -2.10. The molecule has 1 aliphatic carbocycles. The minimum absolute atomic E-state index is 0.111. The number of fused-ring (bicyclic) bond motifs is 1. The largest absolute Gasteiger partial charge is 0.396 e. The Bertz CT molecular complexity index is 397. The number of hydrogen-bond acceptors (Lipinski definition) is 3. The molecule has 1 aromatic rings. The van der Waals surface area contributed by atoms with Crippen LogP contribution in [0.1, 0.15) is 17.5 Å². The van der Waals surface area contributed by atoms with Crippen molar-refractivity contribution in [2.45, 2.75) is 19.3 Å². The number of rotatable bonds is 7. The Labute approximate surface area is 118 Å². The Balaban J connectivity index is 1.66. The second-order valence-corrected chi connectivity index (χ2v) is 6.08. The SMILES string of the molecule is O=C(NCCSCCCO)C1Cc2ccccc2C1.